The highest BCUT2D eigenvalue weighted by Gasteiger charge is 2.31. The van der Waals surface area contributed by atoms with Crippen molar-refractivity contribution in [1.82, 2.24) is 25.9 Å². The lowest BCUT2D eigenvalue weighted by Gasteiger charge is -2.26. The number of aliphatic carboxylic acids is 1. The van der Waals surface area contributed by atoms with E-state index >= 15 is 0 Å². The number of imidazole rings is 1. The second kappa shape index (κ2) is 13.8. The van der Waals surface area contributed by atoms with Crippen molar-refractivity contribution >= 4 is 29.7 Å². The average molecular weight is 482 g/mol. The van der Waals surface area contributed by atoms with E-state index in [0.29, 0.717) is 12.1 Å². The maximum atomic E-state index is 13.0. The summed E-state index contributed by atoms with van der Waals surface area (Å²) in [6.45, 7) is 5.14. The highest BCUT2D eigenvalue weighted by atomic mass is 16.4. The number of amides is 3. The Balaban J connectivity index is 2.98. The highest BCUT2D eigenvalue weighted by molar-refractivity contribution is 5.94. The number of rotatable bonds is 14. The average Bonchev–Trinajstić information content (AvgIpc) is 3.25. The van der Waals surface area contributed by atoms with Gasteiger partial charge in [-0.3, -0.25) is 19.4 Å². The first-order valence-electron chi connectivity index (χ1n) is 10.8. The van der Waals surface area contributed by atoms with Crippen molar-refractivity contribution in [1.29, 1.82) is 0 Å². The molecular weight excluding hydrogens is 446 g/mol. The van der Waals surface area contributed by atoms with Crippen LogP contribution in [-0.2, 0) is 25.6 Å². The molecule has 1 aromatic heterocycles. The fraction of sp³-hybridized carbons (Fsp3) is 0.600. The molecule has 34 heavy (non-hydrogen) atoms. The molecule has 14 nitrogen and oxygen atoms in total. The Kier molecular flexibility index (Phi) is 11.5. The first-order chi connectivity index (χ1) is 15.9. The molecule has 0 aliphatic heterocycles. The molecule has 0 aliphatic carbocycles. The van der Waals surface area contributed by atoms with E-state index in [-0.39, 0.29) is 31.3 Å². The van der Waals surface area contributed by atoms with Gasteiger partial charge in [-0.2, -0.15) is 0 Å². The van der Waals surface area contributed by atoms with Crippen LogP contribution in [0.2, 0.25) is 0 Å². The number of carbonyl (C=O) groups excluding carboxylic acids is 3. The number of nitrogens with zero attached hydrogens (tertiary/aromatic N) is 2. The molecule has 0 aromatic carbocycles. The molecule has 0 fully saturated rings. The molecule has 14 heteroatoms. The minimum Gasteiger partial charge on any atom is -0.480 e. The summed E-state index contributed by atoms with van der Waals surface area (Å²) in [7, 11) is 0. The SMILES string of the molecule is CC(N)C(=O)NC(C(=O)NC(Cc1cnc[nH]1)C(=O)NC(CCCN=C(N)N)C(=O)O)C(C)C. The van der Waals surface area contributed by atoms with E-state index in [2.05, 4.69) is 30.9 Å². The van der Waals surface area contributed by atoms with Crippen molar-refractivity contribution in [3.05, 3.63) is 18.2 Å². The molecule has 4 atom stereocenters. The van der Waals surface area contributed by atoms with Gasteiger partial charge in [0.15, 0.2) is 5.96 Å². The van der Waals surface area contributed by atoms with Crippen molar-refractivity contribution < 1.29 is 24.3 Å². The smallest absolute Gasteiger partial charge is 0.326 e. The molecule has 11 N–H and O–H groups in total. The maximum absolute atomic E-state index is 13.0. The third kappa shape index (κ3) is 9.85. The third-order valence-corrected chi connectivity index (χ3v) is 4.83. The first-order valence-corrected chi connectivity index (χ1v) is 10.8. The van der Waals surface area contributed by atoms with Crippen molar-refractivity contribution in [2.75, 3.05) is 6.54 Å². The van der Waals surface area contributed by atoms with E-state index < -0.39 is 47.9 Å². The number of hydrogen-bond acceptors (Lipinski definition) is 7. The molecule has 0 radical (unpaired) electrons. The lowest BCUT2D eigenvalue weighted by Crippen LogP contribution is -2.58. The van der Waals surface area contributed by atoms with E-state index in [9.17, 15) is 24.3 Å². The largest absolute Gasteiger partial charge is 0.480 e. The number of aromatic nitrogens is 2. The number of hydrogen-bond donors (Lipinski definition) is 8. The summed E-state index contributed by atoms with van der Waals surface area (Å²) in [6, 6.07) is -4.14. The fourth-order valence-electron chi connectivity index (χ4n) is 2.94. The zero-order valence-electron chi connectivity index (χ0n) is 19.6. The zero-order valence-corrected chi connectivity index (χ0v) is 19.6. The van der Waals surface area contributed by atoms with Gasteiger partial charge in [0.05, 0.1) is 12.4 Å². The Morgan fingerprint density at radius 2 is 1.71 bits per heavy atom. The van der Waals surface area contributed by atoms with Crippen LogP contribution in [0, 0.1) is 5.92 Å². The predicted octanol–water partition coefficient (Wildman–Crippen LogP) is -2.45. The Hall–Kier alpha value is -3.68. The number of aliphatic imine (C=N–C) groups is 1. The molecule has 0 aliphatic rings. The van der Waals surface area contributed by atoms with Gasteiger partial charge >= 0.3 is 5.97 Å². The fourth-order valence-corrected chi connectivity index (χ4v) is 2.94. The van der Waals surface area contributed by atoms with Gasteiger partial charge in [-0.25, -0.2) is 9.78 Å². The van der Waals surface area contributed by atoms with E-state index in [0.717, 1.165) is 0 Å². The first kappa shape index (κ1) is 28.4. The van der Waals surface area contributed by atoms with Crippen LogP contribution in [-0.4, -0.2) is 75.4 Å². The van der Waals surface area contributed by atoms with Gasteiger partial charge in [-0.05, 0) is 25.7 Å². The van der Waals surface area contributed by atoms with Gasteiger partial charge in [0.2, 0.25) is 17.7 Å². The Morgan fingerprint density at radius 3 is 2.21 bits per heavy atom. The minimum absolute atomic E-state index is 0.0178. The van der Waals surface area contributed by atoms with Gasteiger partial charge in [0.25, 0.3) is 0 Å². The van der Waals surface area contributed by atoms with Crippen LogP contribution < -0.4 is 33.2 Å². The van der Waals surface area contributed by atoms with Gasteiger partial charge in [-0.15, -0.1) is 0 Å². The van der Waals surface area contributed by atoms with Crippen LogP contribution >= 0.6 is 0 Å². The summed E-state index contributed by atoms with van der Waals surface area (Å²) in [6.07, 6.45) is 3.29. The number of carboxylic acid groups (broad SMARTS) is 1. The van der Waals surface area contributed by atoms with Crippen LogP contribution in [0.15, 0.2) is 17.5 Å². The zero-order chi connectivity index (χ0) is 25.8. The molecule has 1 rings (SSSR count). The minimum atomic E-state index is -1.24. The van der Waals surface area contributed by atoms with Crippen LogP contribution in [0.4, 0.5) is 0 Å². The summed E-state index contributed by atoms with van der Waals surface area (Å²) in [5.41, 5.74) is 16.6. The Bertz CT molecular complexity index is 851. The lowest BCUT2D eigenvalue weighted by atomic mass is 10.0. The third-order valence-electron chi connectivity index (χ3n) is 4.83. The summed E-state index contributed by atoms with van der Waals surface area (Å²) < 4.78 is 0. The molecule has 1 aromatic rings. The molecule has 3 amide bonds. The number of guanidine groups is 1. The Morgan fingerprint density at radius 1 is 1.06 bits per heavy atom. The molecule has 0 bridgehead atoms. The number of nitrogens with two attached hydrogens (primary N) is 3. The molecule has 4 unspecified atom stereocenters. The maximum Gasteiger partial charge on any atom is 0.326 e. The van der Waals surface area contributed by atoms with E-state index in [1.807, 2.05) is 0 Å². The van der Waals surface area contributed by atoms with Crippen molar-refractivity contribution in [2.45, 2.75) is 64.2 Å². The van der Waals surface area contributed by atoms with Crippen LogP contribution in [0.1, 0.15) is 39.3 Å². The monoisotopic (exact) mass is 481 g/mol. The predicted molar refractivity (Wildman–Crippen MR) is 124 cm³/mol. The van der Waals surface area contributed by atoms with E-state index in [4.69, 9.17) is 17.2 Å². The summed E-state index contributed by atoms with van der Waals surface area (Å²) in [5.74, 6) is -3.50. The van der Waals surface area contributed by atoms with Crippen LogP contribution in [0.25, 0.3) is 0 Å². The molecule has 0 saturated heterocycles. The summed E-state index contributed by atoms with van der Waals surface area (Å²) in [4.78, 5) is 60.1. The number of aromatic amines is 1. The van der Waals surface area contributed by atoms with Crippen molar-refractivity contribution in [3.63, 3.8) is 0 Å². The van der Waals surface area contributed by atoms with Gasteiger partial charge in [-0.1, -0.05) is 13.8 Å². The second-order valence-electron chi connectivity index (χ2n) is 8.21. The summed E-state index contributed by atoms with van der Waals surface area (Å²) >= 11 is 0. The van der Waals surface area contributed by atoms with E-state index in [1.165, 1.54) is 19.4 Å². The number of H-pyrrole nitrogens is 1. The molecule has 190 valence electrons. The molecule has 1 heterocycles. The molecule has 0 spiro atoms. The molecular formula is C20H35N9O5. The number of nitrogens with one attached hydrogen (secondary N) is 4. The van der Waals surface area contributed by atoms with Crippen molar-refractivity contribution in [2.24, 2.45) is 28.1 Å². The topological polar surface area (TPSA) is 244 Å². The number of carboxylic acids is 1. The quantitative estimate of drug-likeness (QED) is 0.0797. The second-order valence-corrected chi connectivity index (χ2v) is 8.21. The lowest BCUT2D eigenvalue weighted by molar-refractivity contribution is -0.142. The van der Waals surface area contributed by atoms with Gasteiger partial charge in [0, 0.05) is 24.9 Å². The Labute approximate surface area is 197 Å². The van der Waals surface area contributed by atoms with E-state index in [1.54, 1.807) is 13.8 Å². The van der Waals surface area contributed by atoms with Gasteiger partial charge < -0.3 is 43.2 Å². The standard InChI is InChI=1S/C20H35N9O5/c1-10(2)15(29-16(30)11(3)21)18(32)28-14(7-12-8-24-9-26-12)17(31)27-13(19(33)34)5-4-6-25-20(22)23/h8-11,13-15H,4-7,21H2,1-3H3,(H,24,26)(H,27,31)(H,28,32)(H,29,30)(H,33,34)(H4,22,23,25). The normalized spacial score (nSPS) is 14.4. The summed E-state index contributed by atoms with van der Waals surface area (Å²) in [5, 5.41) is 17.1. The molecule has 0 saturated carbocycles. The highest BCUT2D eigenvalue weighted by Crippen LogP contribution is 2.07. The van der Waals surface area contributed by atoms with Crippen LogP contribution in [0.5, 0.6) is 0 Å². The number of carbonyl (C=O) groups is 4. The van der Waals surface area contributed by atoms with Gasteiger partial charge in [0.1, 0.15) is 18.1 Å². The van der Waals surface area contributed by atoms with Crippen LogP contribution in [0.3, 0.4) is 0 Å². The van der Waals surface area contributed by atoms with Crippen molar-refractivity contribution in [3.8, 4) is 0 Å².